The molecule has 58 heavy (non-hydrogen) atoms. The molecule has 3 saturated carbocycles. The lowest BCUT2D eigenvalue weighted by atomic mass is 9.41. The molecule has 11 heteroatoms. The molecule has 2 aliphatic heterocycles. The van der Waals surface area contributed by atoms with E-state index in [-0.39, 0.29) is 71.9 Å². The van der Waals surface area contributed by atoms with Crippen LogP contribution in [0.25, 0.3) is 0 Å². The lowest BCUT2D eigenvalue weighted by Gasteiger charge is -2.64. The first-order valence-corrected chi connectivity index (χ1v) is 22.8. The van der Waals surface area contributed by atoms with Gasteiger partial charge in [-0.2, -0.15) is 0 Å². The molecule has 2 N–H and O–H groups in total. The van der Waals surface area contributed by atoms with Gasteiger partial charge in [0.05, 0.1) is 41.8 Å². The average molecular weight is 813 g/mol. The van der Waals surface area contributed by atoms with Gasteiger partial charge in [-0.1, -0.05) is 91.7 Å². The highest BCUT2D eigenvalue weighted by Gasteiger charge is 2.64. The second-order valence-corrected chi connectivity index (χ2v) is 19.6. The number of fused-ring (bicyclic) bond motifs is 3. The summed E-state index contributed by atoms with van der Waals surface area (Å²) < 4.78 is 17.9. The zero-order valence-corrected chi connectivity index (χ0v) is 36.1. The zero-order valence-electron chi connectivity index (χ0n) is 36.1. The highest BCUT2D eigenvalue weighted by atomic mass is 16.6. The number of rotatable bonds is 21. The highest BCUT2D eigenvalue weighted by Crippen LogP contribution is 2.66. The summed E-state index contributed by atoms with van der Waals surface area (Å²) in [6, 6.07) is 0. The summed E-state index contributed by atoms with van der Waals surface area (Å²) in [5.41, 5.74) is -1.12. The molecule has 0 aromatic rings. The van der Waals surface area contributed by atoms with Gasteiger partial charge in [-0.25, -0.2) is 0 Å². The molecule has 0 bridgehead atoms. The van der Waals surface area contributed by atoms with Gasteiger partial charge in [0.15, 0.2) is 0 Å². The van der Waals surface area contributed by atoms with Crippen LogP contribution in [-0.4, -0.2) is 58.2 Å². The molecule has 0 aromatic carbocycles. The van der Waals surface area contributed by atoms with Crippen LogP contribution < -0.4 is 0 Å². The first-order valence-electron chi connectivity index (χ1n) is 22.8. The number of hydrogen-bond donors (Lipinski definition) is 2. The number of hydrogen-bond acceptors (Lipinski definition) is 9. The van der Waals surface area contributed by atoms with E-state index in [0.717, 1.165) is 83.5 Å². The van der Waals surface area contributed by atoms with Crippen molar-refractivity contribution in [1.29, 1.82) is 0 Å². The molecule has 3 aliphatic carbocycles. The Hall–Kier alpha value is -3.08. The van der Waals surface area contributed by atoms with Gasteiger partial charge in [0.1, 0.15) is 0 Å². The van der Waals surface area contributed by atoms with E-state index < -0.39 is 59.0 Å². The van der Waals surface area contributed by atoms with Crippen LogP contribution in [0.3, 0.4) is 0 Å². The topological polar surface area (TPSA) is 171 Å². The average Bonchev–Trinajstić information content (AvgIpc) is 3.63. The first-order chi connectivity index (χ1) is 27.5. The van der Waals surface area contributed by atoms with Gasteiger partial charge in [-0.3, -0.25) is 28.8 Å². The normalized spacial score (nSPS) is 36.1. The van der Waals surface area contributed by atoms with Crippen molar-refractivity contribution in [2.75, 3.05) is 0 Å². The predicted octanol–water partition coefficient (Wildman–Crippen LogP) is 9.34. The molecule has 0 radical (unpaired) electrons. The number of carboxylic acids is 2. The number of esters is 4. The minimum atomic E-state index is -0.840. The number of unbranched alkanes of at least 4 members (excludes halogenated alkanes) is 6. The Morgan fingerprint density at radius 2 is 1.59 bits per heavy atom. The molecule has 13 atom stereocenters. The van der Waals surface area contributed by atoms with E-state index in [1.807, 2.05) is 6.92 Å². The Balaban J connectivity index is 1.47. The molecule has 0 amide bonds. The van der Waals surface area contributed by atoms with Gasteiger partial charge in [-0.05, 0) is 118 Å². The molecule has 5 rings (SSSR count). The minimum Gasteiger partial charge on any atom is -0.481 e. The van der Waals surface area contributed by atoms with E-state index >= 15 is 0 Å². The van der Waals surface area contributed by atoms with Crippen molar-refractivity contribution in [3.8, 4) is 0 Å². The SMILES string of the molecule is CCC/C=C/C(CCC(CCCCCCCCC(=O)O)OC1C2CCC3C(C)(C(=O)O)CCCC3(C)C2CC(C2C(=O)OC(=O)C2C)C1C(C)C)C1CC(=O)OC1=O. The third-order valence-corrected chi connectivity index (χ3v) is 15.7. The summed E-state index contributed by atoms with van der Waals surface area (Å²) in [6.07, 6.45) is 18.1. The lowest BCUT2D eigenvalue weighted by Crippen LogP contribution is -2.61. The molecule has 2 saturated heterocycles. The zero-order chi connectivity index (χ0) is 42.4. The quantitative estimate of drug-likeness (QED) is 0.0490. The summed E-state index contributed by atoms with van der Waals surface area (Å²) in [4.78, 5) is 75.6. The fraction of sp³-hybridized carbons (Fsp3) is 0.830. The standard InChI is InChI=1S/C47H72O11/c1-7-8-13-17-30(33-27-38(50)57-43(33)52)20-21-31(18-14-11-9-10-12-15-19-37(48)49)56-41-32-22-23-36-46(5,24-16-25-47(36,6)45(54)55)35(32)26-34(39(41)28(2)3)40-29(4)42(51)58-44(40)53/h13,17,28-36,39-41H,7-12,14-16,18-27H2,1-6H3,(H,48,49)(H,54,55)/b17-13+. The Morgan fingerprint density at radius 1 is 0.879 bits per heavy atom. The fourth-order valence-electron chi connectivity index (χ4n) is 12.7. The van der Waals surface area contributed by atoms with Crippen LogP contribution in [0.1, 0.15) is 164 Å². The highest BCUT2D eigenvalue weighted by molar-refractivity contribution is 5.96. The third-order valence-electron chi connectivity index (χ3n) is 15.7. The third kappa shape index (κ3) is 10.1. The van der Waals surface area contributed by atoms with E-state index in [4.69, 9.17) is 19.3 Å². The molecule has 13 unspecified atom stereocenters. The first kappa shape index (κ1) is 46.0. The second-order valence-electron chi connectivity index (χ2n) is 19.6. The predicted molar refractivity (Wildman–Crippen MR) is 217 cm³/mol. The van der Waals surface area contributed by atoms with Gasteiger partial charge in [0.25, 0.3) is 0 Å². The van der Waals surface area contributed by atoms with Crippen LogP contribution in [0.5, 0.6) is 0 Å². The lowest BCUT2D eigenvalue weighted by molar-refractivity contribution is -0.212. The van der Waals surface area contributed by atoms with Gasteiger partial charge in [-0.15, -0.1) is 0 Å². The summed E-state index contributed by atoms with van der Waals surface area (Å²) in [7, 11) is 0. The van der Waals surface area contributed by atoms with E-state index in [9.17, 15) is 33.9 Å². The Bertz CT molecular complexity index is 1520. The van der Waals surface area contributed by atoms with E-state index in [0.29, 0.717) is 25.7 Å². The molecule has 5 fully saturated rings. The van der Waals surface area contributed by atoms with Gasteiger partial charge >= 0.3 is 35.8 Å². The Kier molecular flexibility index (Phi) is 15.8. The van der Waals surface area contributed by atoms with Crippen LogP contribution in [0.15, 0.2) is 12.2 Å². The molecular formula is C47H72O11. The largest absolute Gasteiger partial charge is 0.481 e. The molecule has 0 spiro atoms. The van der Waals surface area contributed by atoms with Crippen molar-refractivity contribution >= 4 is 35.8 Å². The summed E-state index contributed by atoms with van der Waals surface area (Å²) in [6.45, 7) is 12.5. The van der Waals surface area contributed by atoms with Crippen molar-refractivity contribution in [2.24, 2.45) is 70.0 Å². The number of carbonyl (C=O) groups is 6. The van der Waals surface area contributed by atoms with Crippen LogP contribution in [-0.2, 0) is 43.0 Å². The van der Waals surface area contributed by atoms with E-state index in [2.05, 4.69) is 39.8 Å². The minimum absolute atomic E-state index is 0.0187. The van der Waals surface area contributed by atoms with Crippen LogP contribution >= 0.6 is 0 Å². The van der Waals surface area contributed by atoms with Crippen LogP contribution in [0.2, 0.25) is 0 Å². The molecule has 0 aromatic heterocycles. The smallest absolute Gasteiger partial charge is 0.317 e. The number of ether oxygens (including phenoxy) is 3. The van der Waals surface area contributed by atoms with Crippen molar-refractivity contribution in [2.45, 2.75) is 176 Å². The second kappa shape index (κ2) is 20.0. The number of allylic oxidation sites excluding steroid dienone is 2. The summed E-state index contributed by atoms with van der Waals surface area (Å²) >= 11 is 0. The van der Waals surface area contributed by atoms with Crippen LogP contribution in [0.4, 0.5) is 0 Å². The molecule has 11 nitrogen and oxygen atoms in total. The molecule has 326 valence electrons. The Labute approximate surface area is 346 Å². The van der Waals surface area contributed by atoms with Crippen molar-refractivity contribution < 1.29 is 53.2 Å². The van der Waals surface area contributed by atoms with E-state index in [1.54, 1.807) is 6.92 Å². The van der Waals surface area contributed by atoms with Gasteiger partial charge in [0, 0.05) is 6.42 Å². The monoisotopic (exact) mass is 813 g/mol. The van der Waals surface area contributed by atoms with E-state index in [1.165, 1.54) is 0 Å². The molecular weight excluding hydrogens is 741 g/mol. The van der Waals surface area contributed by atoms with Crippen LogP contribution in [0, 0.1) is 70.0 Å². The maximum atomic E-state index is 13.6. The number of carbonyl (C=O) groups excluding carboxylic acids is 4. The maximum absolute atomic E-state index is 13.6. The van der Waals surface area contributed by atoms with Crippen molar-refractivity contribution in [1.82, 2.24) is 0 Å². The fourth-order valence-corrected chi connectivity index (χ4v) is 12.7. The summed E-state index contributed by atoms with van der Waals surface area (Å²) in [5, 5.41) is 19.7. The number of aliphatic carboxylic acids is 2. The maximum Gasteiger partial charge on any atom is 0.317 e. The Morgan fingerprint density at radius 3 is 2.19 bits per heavy atom. The van der Waals surface area contributed by atoms with Crippen molar-refractivity contribution in [3.63, 3.8) is 0 Å². The number of carboxylic acid groups (broad SMARTS) is 2. The number of cyclic esters (lactones) is 4. The molecule has 2 heterocycles. The summed E-state index contributed by atoms with van der Waals surface area (Å²) in [5.74, 6) is -5.13. The van der Waals surface area contributed by atoms with Gasteiger partial charge < -0.3 is 24.4 Å². The van der Waals surface area contributed by atoms with Gasteiger partial charge in [0.2, 0.25) is 0 Å². The van der Waals surface area contributed by atoms with Crippen molar-refractivity contribution in [3.05, 3.63) is 12.2 Å². The molecule has 5 aliphatic rings.